The largest absolute Gasteiger partial charge is 0.497 e. The molecule has 0 radical (unpaired) electrons. The van der Waals surface area contributed by atoms with Gasteiger partial charge in [0.15, 0.2) is 0 Å². The number of hydrogen-bond acceptors (Lipinski definition) is 4. The van der Waals surface area contributed by atoms with Gasteiger partial charge in [0.1, 0.15) is 5.75 Å². The molecule has 0 saturated heterocycles. The second-order valence-corrected chi connectivity index (χ2v) is 4.00. The predicted octanol–water partition coefficient (Wildman–Crippen LogP) is 1.18. The Morgan fingerprint density at radius 3 is 2.65 bits per heavy atom. The zero-order chi connectivity index (χ0) is 14.8. The van der Waals surface area contributed by atoms with Crippen molar-refractivity contribution >= 4 is 18.5 Å². The van der Waals surface area contributed by atoms with Crippen LogP contribution in [0.2, 0.25) is 0 Å². The van der Waals surface area contributed by atoms with Crippen molar-refractivity contribution in [3.63, 3.8) is 0 Å². The molecule has 0 aliphatic carbocycles. The fourth-order valence-electron chi connectivity index (χ4n) is 1.47. The zero-order valence-corrected chi connectivity index (χ0v) is 11.4. The van der Waals surface area contributed by atoms with Gasteiger partial charge in [-0.05, 0) is 36.7 Å². The molecule has 1 aromatic rings. The Balaban J connectivity index is 2.49. The third-order valence-corrected chi connectivity index (χ3v) is 2.59. The van der Waals surface area contributed by atoms with Gasteiger partial charge < -0.3 is 15.8 Å². The van der Waals surface area contributed by atoms with Gasteiger partial charge in [0.05, 0.1) is 7.11 Å². The standard InChI is InChI=1S/C14H19N3O3/c1-20-13-5-3-12(4-6-13)7-9-16-14(19)17(11-18)10-2-8-15/h3-7,9,11H,2,8,10,15H2,1H3,(H,16,19)/b9-7+. The molecule has 0 heterocycles. The van der Waals surface area contributed by atoms with E-state index in [2.05, 4.69) is 5.32 Å². The molecule has 108 valence electrons. The third kappa shape index (κ3) is 5.11. The molecule has 20 heavy (non-hydrogen) atoms. The van der Waals surface area contributed by atoms with Crippen LogP contribution in [-0.2, 0) is 4.79 Å². The first-order chi connectivity index (χ1) is 9.71. The van der Waals surface area contributed by atoms with Gasteiger partial charge in [-0.2, -0.15) is 0 Å². The first kappa shape index (κ1) is 15.7. The quantitative estimate of drug-likeness (QED) is 0.733. The molecule has 0 bridgehead atoms. The van der Waals surface area contributed by atoms with Gasteiger partial charge in [0.2, 0.25) is 6.41 Å². The van der Waals surface area contributed by atoms with E-state index in [1.165, 1.54) is 6.20 Å². The maximum atomic E-state index is 11.6. The lowest BCUT2D eigenvalue weighted by Gasteiger charge is -2.13. The molecule has 0 saturated carbocycles. The van der Waals surface area contributed by atoms with Gasteiger partial charge in [-0.1, -0.05) is 12.1 Å². The number of nitrogens with two attached hydrogens (primary N) is 1. The average molecular weight is 277 g/mol. The van der Waals surface area contributed by atoms with Gasteiger partial charge in [-0.3, -0.25) is 9.69 Å². The van der Waals surface area contributed by atoms with Crippen molar-refractivity contribution in [2.45, 2.75) is 6.42 Å². The molecule has 6 heteroatoms. The molecule has 0 spiro atoms. The lowest BCUT2D eigenvalue weighted by Crippen LogP contribution is -2.37. The minimum absolute atomic E-state index is 0.308. The highest BCUT2D eigenvalue weighted by atomic mass is 16.5. The van der Waals surface area contributed by atoms with Crippen LogP contribution >= 0.6 is 0 Å². The number of carbonyl (C=O) groups excluding carboxylic acids is 2. The van der Waals surface area contributed by atoms with Crippen molar-refractivity contribution in [1.82, 2.24) is 10.2 Å². The third-order valence-electron chi connectivity index (χ3n) is 2.59. The van der Waals surface area contributed by atoms with Crippen molar-refractivity contribution < 1.29 is 14.3 Å². The van der Waals surface area contributed by atoms with Crippen LogP contribution in [-0.4, -0.2) is 37.5 Å². The number of nitrogens with one attached hydrogen (secondary N) is 1. The average Bonchev–Trinajstić information content (AvgIpc) is 2.48. The lowest BCUT2D eigenvalue weighted by molar-refractivity contribution is -0.115. The van der Waals surface area contributed by atoms with Gasteiger partial charge in [0, 0.05) is 12.7 Å². The van der Waals surface area contributed by atoms with E-state index in [0.29, 0.717) is 25.9 Å². The van der Waals surface area contributed by atoms with Crippen molar-refractivity contribution in [3.8, 4) is 5.75 Å². The number of rotatable bonds is 7. The van der Waals surface area contributed by atoms with Crippen LogP contribution in [0.15, 0.2) is 30.5 Å². The molecule has 1 rings (SSSR count). The molecule has 3 amide bonds. The number of imide groups is 1. The number of nitrogens with zero attached hydrogens (tertiary/aromatic N) is 1. The SMILES string of the molecule is COc1ccc(/C=C/NC(=O)N(C=O)CCCN)cc1. The predicted molar refractivity (Wildman–Crippen MR) is 77.0 cm³/mol. The molecule has 0 fully saturated rings. The smallest absolute Gasteiger partial charge is 0.327 e. The fraction of sp³-hybridized carbons (Fsp3) is 0.286. The monoisotopic (exact) mass is 277 g/mol. The maximum absolute atomic E-state index is 11.6. The Bertz CT molecular complexity index is 457. The Kier molecular flexibility index (Phi) is 6.84. The van der Waals surface area contributed by atoms with Crippen LogP contribution in [0.4, 0.5) is 4.79 Å². The van der Waals surface area contributed by atoms with E-state index in [-0.39, 0.29) is 0 Å². The number of urea groups is 1. The van der Waals surface area contributed by atoms with Gasteiger partial charge >= 0.3 is 6.03 Å². The molecule has 3 N–H and O–H groups in total. The molecular formula is C14H19N3O3. The summed E-state index contributed by atoms with van der Waals surface area (Å²) in [5, 5.41) is 2.52. The second kappa shape index (κ2) is 8.71. The Hall–Kier alpha value is -2.34. The summed E-state index contributed by atoms with van der Waals surface area (Å²) >= 11 is 0. The molecular weight excluding hydrogens is 258 g/mol. The summed E-state index contributed by atoms with van der Waals surface area (Å²) in [7, 11) is 1.60. The van der Waals surface area contributed by atoms with Crippen LogP contribution < -0.4 is 15.8 Å². The number of ether oxygens (including phenoxy) is 1. The van der Waals surface area contributed by atoms with E-state index in [1.54, 1.807) is 13.2 Å². The first-order valence-corrected chi connectivity index (χ1v) is 6.24. The van der Waals surface area contributed by atoms with Crippen molar-refractivity contribution in [3.05, 3.63) is 36.0 Å². The minimum atomic E-state index is -0.474. The fourth-order valence-corrected chi connectivity index (χ4v) is 1.47. The van der Waals surface area contributed by atoms with Gasteiger partial charge in [-0.25, -0.2) is 4.79 Å². The summed E-state index contributed by atoms with van der Waals surface area (Å²) in [6, 6.07) is 6.88. The molecule has 6 nitrogen and oxygen atoms in total. The highest BCUT2D eigenvalue weighted by Gasteiger charge is 2.09. The highest BCUT2D eigenvalue weighted by molar-refractivity contribution is 5.85. The van der Waals surface area contributed by atoms with Crippen molar-refractivity contribution in [2.75, 3.05) is 20.2 Å². The molecule has 0 aromatic heterocycles. The summed E-state index contributed by atoms with van der Waals surface area (Å²) in [5.74, 6) is 0.764. The topological polar surface area (TPSA) is 84.7 Å². The van der Waals surface area contributed by atoms with E-state index in [1.807, 2.05) is 24.3 Å². The zero-order valence-electron chi connectivity index (χ0n) is 11.4. The van der Waals surface area contributed by atoms with E-state index < -0.39 is 6.03 Å². The lowest BCUT2D eigenvalue weighted by atomic mass is 10.2. The van der Waals surface area contributed by atoms with Crippen LogP contribution in [0.25, 0.3) is 6.08 Å². The van der Waals surface area contributed by atoms with Crippen LogP contribution in [0.5, 0.6) is 5.75 Å². The number of carbonyl (C=O) groups is 2. The van der Waals surface area contributed by atoms with Crippen molar-refractivity contribution in [1.29, 1.82) is 0 Å². The Labute approximate surface area is 118 Å². The van der Waals surface area contributed by atoms with E-state index >= 15 is 0 Å². The molecule has 0 atom stereocenters. The number of benzene rings is 1. The normalized spacial score (nSPS) is 10.3. The summed E-state index contributed by atoms with van der Waals surface area (Å²) in [4.78, 5) is 23.4. The molecule has 0 aliphatic heterocycles. The van der Waals surface area contributed by atoms with E-state index in [9.17, 15) is 9.59 Å². The van der Waals surface area contributed by atoms with Crippen LogP contribution in [0.3, 0.4) is 0 Å². The Morgan fingerprint density at radius 2 is 2.10 bits per heavy atom. The summed E-state index contributed by atoms with van der Waals surface area (Å²) in [5.41, 5.74) is 6.24. The van der Waals surface area contributed by atoms with Gasteiger partial charge in [-0.15, -0.1) is 0 Å². The van der Waals surface area contributed by atoms with Crippen molar-refractivity contribution in [2.24, 2.45) is 5.73 Å². The number of amides is 3. The van der Waals surface area contributed by atoms with Crippen LogP contribution in [0, 0.1) is 0 Å². The summed E-state index contributed by atoms with van der Waals surface area (Å²) in [6.07, 6.45) is 4.28. The number of methoxy groups -OCH3 is 1. The molecule has 0 unspecified atom stereocenters. The Morgan fingerprint density at radius 1 is 1.40 bits per heavy atom. The number of hydrogen-bond donors (Lipinski definition) is 2. The van der Waals surface area contributed by atoms with E-state index in [4.69, 9.17) is 10.5 Å². The molecule has 1 aromatic carbocycles. The first-order valence-electron chi connectivity index (χ1n) is 6.24. The summed E-state index contributed by atoms with van der Waals surface area (Å²) < 4.78 is 5.05. The van der Waals surface area contributed by atoms with E-state index in [0.717, 1.165) is 16.2 Å². The van der Waals surface area contributed by atoms with Gasteiger partial charge in [0.25, 0.3) is 0 Å². The summed E-state index contributed by atoms with van der Waals surface area (Å²) in [6.45, 7) is 0.738. The highest BCUT2D eigenvalue weighted by Crippen LogP contribution is 2.11. The molecule has 0 aliphatic rings. The second-order valence-electron chi connectivity index (χ2n) is 4.00. The van der Waals surface area contributed by atoms with Crippen LogP contribution in [0.1, 0.15) is 12.0 Å². The maximum Gasteiger partial charge on any atom is 0.327 e. The minimum Gasteiger partial charge on any atom is -0.497 e.